The van der Waals surface area contributed by atoms with Crippen LogP contribution in [0.4, 0.5) is 5.82 Å². The van der Waals surface area contributed by atoms with Crippen LogP contribution in [0.3, 0.4) is 0 Å². The van der Waals surface area contributed by atoms with Crippen LogP contribution in [0.2, 0.25) is 0 Å². The number of hydrogen-bond acceptors (Lipinski definition) is 5. The summed E-state index contributed by atoms with van der Waals surface area (Å²) in [5.74, 6) is -1.02. The number of carbonyl (C=O) groups is 1. The van der Waals surface area contributed by atoms with Gasteiger partial charge in [-0.1, -0.05) is 12.8 Å². The van der Waals surface area contributed by atoms with Crippen LogP contribution in [0, 0.1) is 0 Å². The Morgan fingerprint density at radius 2 is 2.11 bits per heavy atom. The predicted octanol–water partition coefficient (Wildman–Crippen LogP) is -0.708. The van der Waals surface area contributed by atoms with Gasteiger partial charge in [-0.15, -0.1) is 5.10 Å². The van der Waals surface area contributed by atoms with Crippen molar-refractivity contribution in [3.8, 4) is 0 Å². The van der Waals surface area contributed by atoms with E-state index in [1.54, 1.807) is 0 Å². The third-order valence-electron chi connectivity index (χ3n) is 3.00. The van der Waals surface area contributed by atoms with Gasteiger partial charge in [0.05, 0.1) is 0 Å². The molecule has 2 heterocycles. The second-order valence-electron chi connectivity index (χ2n) is 4.23. The molecule has 0 bridgehead atoms. The molecule has 2 rings (SSSR count). The molecular weight excluding hydrogens is 240 g/mol. The third kappa shape index (κ3) is 2.41. The number of aromatic nitrogens is 3. The molecule has 1 aromatic rings. The highest BCUT2D eigenvalue weighted by molar-refractivity contribution is 5.77. The third-order valence-corrected chi connectivity index (χ3v) is 3.00. The van der Waals surface area contributed by atoms with E-state index in [0.717, 1.165) is 19.3 Å². The Hall–Kier alpha value is -2.12. The number of carboxylic acids is 1. The Bertz CT molecular complexity index is 549. The molecule has 0 amide bonds. The van der Waals surface area contributed by atoms with Crippen LogP contribution in [0.15, 0.2) is 9.59 Å². The van der Waals surface area contributed by atoms with Gasteiger partial charge in [-0.2, -0.15) is 0 Å². The molecule has 1 aliphatic heterocycles. The van der Waals surface area contributed by atoms with Gasteiger partial charge in [0, 0.05) is 6.54 Å². The fraction of sp³-hybridized carbons (Fsp3) is 0.600. The van der Waals surface area contributed by atoms with Crippen LogP contribution < -0.4 is 16.1 Å². The maximum Gasteiger partial charge on any atom is 0.342 e. The largest absolute Gasteiger partial charge is 0.480 e. The van der Waals surface area contributed by atoms with Crippen molar-refractivity contribution >= 4 is 11.8 Å². The molecule has 3 N–H and O–H groups in total. The van der Waals surface area contributed by atoms with Crippen molar-refractivity contribution in [1.29, 1.82) is 0 Å². The van der Waals surface area contributed by atoms with Gasteiger partial charge in [-0.25, -0.2) is 14.7 Å². The number of anilines is 1. The van der Waals surface area contributed by atoms with E-state index < -0.39 is 23.3 Å². The topological polar surface area (TPSA) is 119 Å². The van der Waals surface area contributed by atoms with E-state index in [-0.39, 0.29) is 5.82 Å². The number of aromatic amines is 2. The van der Waals surface area contributed by atoms with Gasteiger partial charge < -0.3 is 10.0 Å². The Morgan fingerprint density at radius 1 is 1.33 bits per heavy atom. The van der Waals surface area contributed by atoms with Crippen molar-refractivity contribution in [3.05, 3.63) is 20.8 Å². The van der Waals surface area contributed by atoms with Gasteiger partial charge in [0.15, 0.2) is 0 Å². The van der Waals surface area contributed by atoms with E-state index in [1.807, 2.05) is 0 Å². The smallest absolute Gasteiger partial charge is 0.342 e. The van der Waals surface area contributed by atoms with Crippen molar-refractivity contribution < 1.29 is 9.90 Å². The van der Waals surface area contributed by atoms with Crippen LogP contribution in [0.25, 0.3) is 0 Å². The Labute approximate surface area is 102 Å². The molecule has 8 heteroatoms. The van der Waals surface area contributed by atoms with Crippen molar-refractivity contribution in [2.75, 3.05) is 11.4 Å². The number of nitrogens with one attached hydrogen (secondary N) is 2. The summed E-state index contributed by atoms with van der Waals surface area (Å²) in [6, 6.07) is -0.771. The lowest BCUT2D eigenvalue weighted by molar-refractivity contribution is -0.138. The van der Waals surface area contributed by atoms with E-state index in [2.05, 4.69) is 15.2 Å². The minimum absolute atomic E-state index is 0.0381. The molecular formula is C10H14N4O4. The van der Waals surface area contributed by atoms with E-state index in [4.69, 9.17) is 0 Å². The molecule has 1 fully saturated rings. The van der Waals surface area contributed by atoms with Crippen LogP contribution in [-0.4, -0.2) is 38.8 Å². The maximum atomic E-state index is 11.6. The number of aliphatic carboxylic acids is 1. The molecule has 98 valence electrons. The summed E-state index contributed by atoms with van der Waals surface area (Å²) in [7, 11) is 0. The molecule has 0 radical (unpaired) electrons. The molecule has 0 spiro atoms. The highest BCUT2D eigenvalue weighted by Gasteiger charge is 2.29. The first-order valence-electron chi connectivity index (χ1n) is 5.78. The lowest BCUT2D eigenvalue weighted by atomic mass is 10.1. The summed E-state index contributed by atoms with van der Waals surface area (Å²) in [5, 5.41) is 15.0. The molecule has 0 aliphatic carbocycles. The van der Waals surface area contributed by atoms with Gasteiger partial charge >= 0.3 is 11.7 Å². The van der Waals surface area contributed by atoms with E-state index in [9.17, 15) is 19.5 Å². The molecule has 0 saturated carbocycles. The number of nitrogens with zero attached hydrogens (tertiary/aromatic N) is 2. The first-order chi connectivity index (χ1) is 8.59. The maximum absolute atomic E-state index is 11.6. The Kier molecular flexibility index (Phi) is 3.45. The summed E-state index contributed by atoms with van der Waals surface area (Å²) in [5.41, 5.74) is -1.36. The Morgan fingerprint density at radius 3 is 2.78 bits per heavy atom. The van der Waals surface area contributed by atoms with Gasteiger partial charge in [0.2, 0.25) is 5.82 Å². The van der Waals surface area contributed by atoms with Crippen molar-refractivity contribution in [2.45, 2.75) is 31.7 Å². The van der Waals surface area contributed by atoms with Crippen LogP contribution in [0.1, 0.15) is 25.7 Å². The van der Waals surface area contributed by atoms with Crippen LogP contribution >= 0.6 is 0 Å². The standard InChI is InChI=1S/C10H14N4O4/c15-8-7(12-13-10(18)11-8)14-5-3-1-2-4-6(14)9(16)17/h6H,1-5H2,(H,16,17)(H2,11,13,15,18). The fourth-order valence-corrected chi connectivity index (χ4v) is 2.15. The highest BCUT2D eigenvalue weighted by atomic mass is 16.4. The normalized spacial score (nSPS) is 20.4. The highest BCUT2D eigenvalue weighted by Crippen LogP contribution is 2.19. The number of H-pyrrole nitrogens is 2. The zero-order chi connectivity index (χ0) is 13.1. The molecule has 18 heavy (non-hydrogen) atoms. The summed E-state index contributed by atoms with van der Waals surface area (Å²) < 4.78 is 0. The van der Waals surface area contributed by atoms with Gasteiger partial charge in [-0.3, -0.25) is 9.78 Å². The van der Waals surface area contributed by atoms with Crippen molar-refractivity contribution in [1.82, 2.24) is 15.2 Å². The van der Waals surface area contributed by atoms with Crippen molar-refractivity contribution in [2.24, 2.45) is 0 Å². The minimum atomic E-state index is -0.982. The number of hydrogen-bond donors (Lipinski definition) is 3. The molecule has 1 aliphatic rings. The zero-order valence-electron chi connectivity index (χ0n) is 9.68. The summed E-state index contributed by atoms with van der Waals surface area (Å²) in [6.07, 6.45) is 2.98. The summed E-state index contributed by atoms with van der Waals surface area (Å²) in [4.78, 5) is 37.3. The first kappa shape index (κ1) is 12.3. The zero-order valence-corrected chi connectivity index (χ0v) is 9.68. The SMILES string of the molecule is O=C(O)C1CCCCCN1c1n[nH]c(=O)[nH]c1=O. The Balaban J connectivity index is 2.41. The first-order valence-corrected chi connectivity index (χ1v) is 5.78. The molecule has 1 unspecified atom stereocenters. The average molecular weight is 254 g/mol. The van der Waals surface area contributed by atoms with E-state index >= 15 is 0 Å². The minimum Gasteiger partial charge on any atom is -0.480 e. The van der Waals surface area contributed by atoms with Gasteiger partial charge in [-0.05, 0) is 12.8 Å². The molecule has 0 aromatic carbocycles. The molecule has 8 nitrogen and oxygen atoms in total. The quantitative estimate of drug-likeness (QED) is 0.641. The molecule has 1 aromatic heterocycles. The van der Waals surface area contributed by atoms with Crippen LogP contribution in [-0.2, 0) is 4.79 Å². The molecule has 1 atom stereocenters. The lowest BCUT2D eigenvalue weighted by Crippen LogP contribution is -2.45. The average Bonchev–Trinajstić information content (AvgIpc) is 2.54. The van der Waals surface area contributed by atoms with Gasteiger partial charge in [0.25, 0.3) is 5.56 Å². The lowest BCUT2D eigenvalue weighted by Gasteiger charge is -2.26. The molecule has 1 saturated heterocycles. The van der Waals surface area contributed by atoms with E-state index in [0.29, 0.717) is 13.0 Å². The summed E-state index contributed by atoms with van der Waals surface area (Å²) >= 11 is 0. The number of carboxylic acid groups (broad SMARTS) is 1. The van der Waals surface area contributed by atoms with Crippen LogP contribution in [0.5, 0.6) is 0 Å². The second kappa shape index (κ2) is 5.03. The van der Waals surface area contributed by atoms with Gasteiger partial charge in [0.1, 0.15) is 6.04 Å². The predicted molar refractivity (Wildman–Crippen MR) is 62.7 cm³/mol. The van der Waals surface area contributed by atoms with Crippen molar-refractivity contribution in [3.63, 3.8) is 0 Å². The summed E-state index contributed by atoms with van der Waals surface area (Å²) in [6.45, 7) is 0.444. The van der Waals surface area contributed by atoms with E-state index in [1.165, 1.54) is 4.90 Å². The fourth-order valence-electron chi connectivity index (χ4n) is 2.15. The number of rotatable bonds is 2. The second-order valence-corrected chi connectivity index (χ2v) is 4.23. The monoisotopic (exact) mass is 254 g/mol.